The lowest BCUT2D eigenvalue weighted by Gasteiger charge is -2.12. The topological polar surface area (TPSA) is 130 Å². The summed E-state index contributed by atoms with van der Waals surface area (Å²) >= 11 is 0. The number of nitrogens with one attached hydrogen (secondary N) is 1. The van der Waals surface area contributed by atoms with Crippen LogP contribution in [0.2, 0.25) is 0 Å². The summed E-state index contributed by atoms with van der Waals surface area (Å²) in [4.78, 5) is -0.161. The normalized spacial score (nSPS) is 12.2. The van der Waals surface area contributed by atoms with E-state index in [1.54, 1.807) is 6.92 Å². The largest absolute Gasteiger partial charge is 0.395 e. The van der Waals surface area contributed by atoms with Gasteiger partial charge in [-0.2, -0.15) is 5.10 Å². The standard InChI is InChI=1S/C8H16N4O4S/c1-2-12-3-7(8(9)10-12)17(15,16)11-6(4-13)5-14/h3,6,11,13-14H,2,4-5H2,1H3,(H2,9,10). The van der Waals surface area contributed by atoms with Crippen LogP contribution >= 0.6 is 0 Å². The first-order chi connectivity index (χ1) is 7.94. The van der Waals surface area contributed by atoms with Gasteiger partial charge in [0, 0.05) is 12.7 Å². The van der Waals surface area contributed by atoms with Crippen molar-refractivity contribution in [2.75, 3.05) is 18.9 Å². The van der Waals surface area contributed by atoms with Crippen LogP contribution in [0.15, 0.2) is 11.1 Å². The summed E-state index contributed by atoms with van der Waals surface area (Å²) in [6, 6.07) is -0.954. The number of nitrogens with zero attached hydrogens (tertiary/aromatic N) is 2. The van der Waals surface area contributed by atoms with Crippen LogP contribution in [0, 0.1) is 0 Å². The van der Waals surface area contributed by atoms with Gasteiger partial charge in [-0.1, -0.05) is 0 Å². The Balaban J connectivity index is 3.00. The molecule has 0 aliphatic heterocycles. The van der Waals surface area contributed by atoms with Crippen LogP contribution < -0.4 is 10.5 Å². The fraction of sp³-hybridized carbons (Fsp3) is 0.625. The number of aryl methyl sites for hydroxylation is 1. The van der Waals surface area contributed by atoms with Crippen LogP contribution in [0.4, 0.5) is 5.82 Å². The van der Waals surface area contributed by atoms with Crippen molar-refractivity contribution in [1.29, 1.82) is 0 Å². The van der Waals surface area contributed by atoms with E-state index in [9.17, 15) is 8.42 Å². The van der Waals surface area contributed by atoms with Crippen molar-refractivity contribution in [3.63, 3.8) is 0 Å². The van der Waals surface area contributed by atoms with Crippen molar-refractivity contribution in [3.05, 3.63) is 6.20 Å². The molecule has 5 N–H and O–H groups in total. The molecule has 1 aromatic rings. The lowest BCUT2D eigenvalue weighted by atomic mass is 10.4. The highest BCUT2D eigenvalue weighted by Crippen LogP contribution is 2.16. The van der Waals surface area contributed by atoms with E-state index in [4.69, 9.17) is 15.9 Å². The number of anilines is 1. The fourth-order valence-corrected chi connectivity index (χ4v) is 2.49. The number of nitrogens with two attached hydrogens (primary N) is 1. The summed E-state index contributed by atoms with van der Waals surface area (Å²) in [5.41, 5.74) is 5.49. The predicted octanol–water partition coefficient (Wildman–Crippen LogP) is -1.88. The Bertz CT molecular complexity index is 466. The minimum Gasteiger partial charge on any atom is -0.395 e. The molecule has 8 nitrogen and oxygen atoms in total. The first-order valence-corrected chi connectivity index (χ1v) is 6.49. The molecule has 9 heteroatoms. The molecule has 0 amide bonds. The number of nitrogen functional groups attached to an aromatic ring is 1. The van der Waals surface area contributed by atoms with Crippen molar-refractivity contribution in [2.24, 2.45) is 0 Å². The Morgan fingerprint density at radius 3 is 2.53 bits per heavy atom. The molecule has 0 fully saturated rings. The molecule has 0 atom stereocenters. The smallest absolute Gasteiger partial charge is 0.246 e. The SMILES string of the molecule is CCn1cc(S(=O)(=O)NC(CO)CO)c(N)n1. The monoisotopic (exact) mass is 264 g/mol. The maximum absolute atomic E-state index is 11.8. The van der Waals surface area contributed by atoms with Crippen LogP contribution in [0.1, 0.15) is 6.92 Å². The molecule has 98 valence electrons. The van der Waals surface area contributed by atoms with E-state index in [2.05, 4.69) is 9.82 Å². The first-order valence-electron chi connectivity index (χ1n) is 5.01. The van der Waals surface area contributed by atoms with E-state index in [1.807, 2.05) is 0 Å². The molecule has 1 aromatic heterocycles. The highest BCUT2D eigenvalue weighted by Gasteiger charge is 2.24. The van der Waals surface area contributed by atoms with E-state index in [-0.39, 0.29) is 10.7 Å². The molecule has 0 aliphatic rings. The Labute approximate surface area is 99.1 Å². The second kappa shape index (κ2) is 5.45. The third-order valence-corrected chi connectivity index (χ3v) is 3.67. The van der Waals surface area contributed by atoms with Gasteiger partial charge in [0.1, 0.15) is 4.90 Å². The fourth-order valence-electron chi connectivity index (χ4n) is 1.20. The summed E-state index contributed by atoms with van der Waals surface area (Å²) in [6.07, 6.45) is 1.30. The zero-order chi connectivity index (χ0) is 13.1. The van der Waals surface area contributed by atoms with E-state index in [0.717, 1.165) is 0 Å². The highest BCUT2D eigenvalue weighted by molar-refractivity contribution is 7.89. The first kappa shape index (κ1) is 13.9. The van der Waals surface area contributed by atoms with Gasteiger partial charge in [-0.05, 0) is 6.92 Å². The van der Waals surface area contributed by atoms with Crippen LogP contribution in [0.5, 0.6) is 0 Å². The van der Waals surface area contributed by atoms with Crippen LogP contribution in [-0.4, -0.2) is 47.7 Å². The molecule has 0 spiro atoms. The van der Waals surface area contributed by atoms with Gasteiger partial charge in [0.05, 0.1) is 19.3 Å². The number of aliphatic hydroxyl groups is 2. The lowest BCUT2D eigenvalue weighted by molar-refractivity contribution is 0.185. The Morgan fingerprint density at radius 1 is 1.53 bits per heavy atom. The van der Waals surface area contributed by atoms with Crippen molar-refractivity contribution in [3.8, 4) is 0 Å². The molecule has 0 bridgehead atoms. The molecule has 17 heavy (non-hydrogen) atoms. The third-order valence-electron chi connectivity index (χ3n) is 2.13. The Kier molecular flexibility index (Phi) is 4.46. The molecule has 0 saturated carbocycles. The molecule has 1 heterocycles. The number of aliphatic hydroxyl groups excluding tert-OH is 2. The van der Waals surface area contributed by atoms with Crippen LogP contribution in [0.25, 0.3) is 0 Å². The Hall–Kier alpha value is -1.16. The third kappa shape index (κ3) is 3.16. The minimum atomic E-state index is -3.88. The molecular weight excluding hydrogens is 248 g/mol. The van der Waals surface area contributed by atoms with Crippen molar-refractivity contribution in [1.82, 2.24) is 14.5 Å². The number of hydrogen-bond donors (Lipinski definition) is 4. The van der Waals surface area contributed by atoms with E-state index in [0.29, 0.717) is 6.54 Å². The number of hydrogen-bond acceptors (Lipinski definition) is 6. The van der Waals surface area contributed by atoms with Crippen molar-refractivity contribution in [2.45, 2.75) is 24.4 Å². The number of sulfonamides is 1. The van der Waals surface area contributed by atoms with E-state index in [1.165, 1.54) is 10.9 Å². The van der Waals surface area contributed by atoms with Gasteiger partial charge in [-0.3, -0.25) is 4.68 Å². The van der Waals surface area contributed by atoms with Crippen LogP contribution in [-0.2, 0) is 16.6 Å². The quantitative estimate of drug-likeness (QED) is 0.475. The van der Waals surface area contributed by atoms with Gasteiger partial charge in [-0.15, -0.1) is 0 Å². The zero-order valence-electron chi connectivity index (χ0n) is 9.37. The summed E-state index contributed by atoms with van der Waals surface area (Å²) in [5.74, 6) is -0.117. The number of aromatic nitrogens is 2. The summed E-state index contributed by atoms with van der Waals surface area (Å²) < 4.78 is 27.2. The van der Waals surface area contributed by atoms with E-state index < -0.39 is 29.3 Å². The van der Waals surface area contributed by atoms with Crippen LogP contribution in [0.3, 0.4) is 0 Å². The summed E-state index contributed by atoms with van der Waals surface area (Å²) in [5, 5.41) is 21.4. The van der Waals surface area contributed by atoms with Gasteiger partial charge >= 0.3 is 0 Å². The van der Waals surface area contributed by atoms with Crippen molar-refractivity contribution < 1.29 is 18.6 Å². The van der Waals surface area contributed by atoms with E-state index >= 15 is 0 Å². The molecule has 0 aromatic carbocycles. The second-order valence-corrected chi connectivity index (χ2v) is 5.10. The summed E-state index contributed by atoms with van der Waals surface area (Å²) in [6.45, 7) is 1.28. The average Bonchev–Trinajstić information content (AvgIpc) is 2.68. The predicted molar refractivity (Wildman–Crippen MR) is 60.6 cm³/mol. The highest BCUT2D eigenvalue weighted by atomic mass is 32.2. The second-order valence-electron chi connectivity index (χ2n) is 3.42. The van der Waals surface area contributed by atoms with Gasteiger partial charge in [0.15, 0.2) is 5.82 Å². The maximum atomic E-state index is 11.8. The molecule has 0 saturated heterocycles. The average molecular weight is 264 g/mol. The molecule has 0 unspecified atom stereocenters. The van der Waals surface area contributed by atoms with Gasteiger partial charge in [-0.25, -0.2) is 13.1 Å². The number of rotatable bonds is 6. The molecule has 1 rings (SSSR count). The zero-order valence-corrected chi connectivity index (χ0v) is 10.2. The minimum absolute atomic E-state index is 0.117. The van der Waals surface area contributed by atoms with Crippen molar-refractivity contribution >= 4 is 15.8 Å². The summed E-state index contributed by atoms with van der Waals surface area (Å²) in [7, 11) is -3.88. The Morgan fingerprint density at radius 2 is 2.12 bits per heavy atom. The molecule has 0 aliphatic carbocycles. The maximum Gasteiger partial charge on any atom is 0.246 e. The van der Waals surface area contributed by atoms with Gasteiger partial charge in [0.25, 0.3) is 0 Å². The molecular formula is C8H16N4O4S. The van der Waals surface area contributed by atoms with Gasteiger partial charge in [0.2, 0.25) is 10.0 Å². The lowest BCUT2D eigenvalue weighted by Crippen LogP contribution is -2.40. The molecule has 0 radical (unpaired) electrons. The van der Waals surface area contributed by atoms with Gasteiger partial charge < -0.3 is 15.9 Å².